The summed E-state index contributed by atoms with van der Waals surface area (Å²) < 4.78 is 54.2. The van der Waals surface area contributed by atoms with Gasteiger partial charge in [0.1, 0.15) is 0 Å². The molecule has 0 unspecified atom stereocenters. The van der Waals surface area contributed by atoms with Gasteiger partial charge in [-0.15, -0.1) is 24.8 Å². The minimum Gasteiger partial charge on any atom is -0.302 e. The lowest BCUT2D eigenvalue weighted by Crippen LogP contribution is -2.32. The molecule has 2 fully saturated rings. The number of fused-ring (bicyclic) bond motifs is 1. The zero-order valence-corrected chi connectivity index (χ0v) is 21.5. The minimum atomic E-state index is -4.35. The summed E-state index contributed by atoms with van der Waals surface area (Å²) in [5.74, 6) is -0.366. The van der Waals surface area contributed by atoms with Gasteiger partial charge in [0.2, 0.25) is 5.95 Å². The van der Waals surface area contributed by atoms with Gasteiger partial charge in [-0.1, -0.05) is 12.1 Å². The molecule has 0 bridgehead atoms. The summed E-state index contributed by atoms with van der Waals surface area (Å²) in [6.45, 7) is 4.37. The highest BCUT2D eigenvalue weighted by Crippen LogP contribution is 2.59. The average molecular weight is 561 g/mol. The Morgan fingerprint density at radius 3 is 2.49 bits per heavy atom. The summed E-state index contributed by atoms with van der Waals surface area (Å²) >= 11 is 0. The molecule has 1 aromatic carbocycles. The maximum absolute atomic E-state index is 14.2. The molecule has 1 aliphatic heterocycles. The van der Waals surface area contributed by atoms with Crippen molar-refractivity contribution in [2.75, 3.05) is 19.6 Å². The lowest BCUT2D eigenvalue weighted by atomic mass is 9.94. The van der Waals surface area contributed by atoms with Gasteiger partial charge in [0.15, 0.2) is 0 Å². The standard InChI is InChI=1S/C25H24F4N4O2.2ClH/c1-15-9-19(21(26)30-11-15)20-13-33(23(35)31-22(20)34)8-2-7-32-12-18-10-24(18,14-32)16-3-5-17(6-4-16)25(27,28)29;;/h3-6,9,11,13,18H,2,7-8,10,12,14H2,1H3,(H,31,34,35);2*1H/t18-,24+;;/m0../s1. The van der Waals surface area contributed by atoms with Crippen LogP contribution >= 0.6 is 24.8 Å². The molecule has 3 heterocycles. The zero-order valence-electron chi connectivity index (χ0n) is 19.8. The molecule has 2 aromatic heterocycles. The molecule has 0 spiro atoms. The number of rotatable bonds is 6. The van der Waals surface area contributed by atoms with Crippen molar-refractivity contribution in [3.8, 4) is 11.1 Å². The smallest absolute Gasteiger partial charge is 0.302 e. The van der Waals surface area contributed by atoms with Gasteiger partial charge >= 0.3 is 11.9 Å². The van der Waals surface area contributed by atoms with Crippen molar-refractivity contribution in [1.82, 2.24) is 19.4 Å². The van der Waals surface area contributed by atoms with Crippen LogP contribution < -0.4 is 11.2 Å². The second-order valence-corrected chi connectivity index (χ2v) is 9.57. The molecular formula is C25H26Cl2F4N4O2. The molecule has 200 valence electrons. The van der Waals surface area contributed by atoms with E-state index in [4.69, 9.17) is 0 Å². The van der Waals surface area contributed by atoms with Gasteiger partial charge in [0.05, 0.1) is 11.1 Å². The van der Waals surface area contributed by atoms with E-state index in [1.54, 1.807) is 19.1 Å². The van der Waals surface area contributed by atoms with Crippen LogP contribution in [0, 0.1) is 18.8 Å². The van der Waals surface area contributed by atoms with E-state index in [1.807, 2.05) is 0 Å². The Kier molecular flexibility index (Phi) is 8.26. The molecule has 1 saturated carbocycles. The highest BCUT2D eigenvalue weighted by Gasteiger charge is 2.60. The first-order valence-corrected chi connectivity index (χ1v) is 11.4. The van der Waals surface area contributed by atoms with Gasteiger partial charge in [-0.3, -0.25) is 14.3 Å². The summed E-state index contributed by atoms with van der Waals surface area (Å²) in [5.41, 5.74) is -0.263. The first-order valence-electron chi connectivity index (χ1n) is 11.4. The van der Waals surface area contributed by atoms with Crippen LogP contribution in [-0.4, -0.2) is 39.1 Å². The summed E-state index contributed by atoms with van der Waals surface area (Å²) in [5, 5.41) is 0. The van der Waals surface area contributed by atoms with Gasteiger partial charge in [0.25, 0.3) is 5.56 Å². The molecule has 37 heavy (non-hydrogen) atoms. The second-order valence-electron chi connectivity index (χ2n) is 9.57. The predicted octanol–water partition coefficient (Wildman–Crippen LogP) is 4.57. The number of aromatic amines is 1. The van der Waals surface area contributed by atoms with Crippen molar-refractivity contribution in [2.24, 2.45) is 5.92 Å². The molecule has 12 heteroatoms. The Balaban J connectivity index is 0.00000190. The number of benzene rings is 1. The van der Waals surface area contributed by atoms with Gasteiger partial charge in [0, 0.05) is 43.0 Å². The Labute approximate surface area is 222 Å². The van der Waals surface area contributed by atoms with Crippen LogP contribution in [0.25, 0.3) is 11.1 Å². The number of aromatic nitrogens is 3. The summed E-state index contributed by atoms with van der Waals surface area (Å²) in [4.78, 5) is 32.8. The van der Waals surface area contributed by atoms with Crippen LogP contribution in [0.1, 0.15) is 29.5 Å². The Morgan fingerprint density at radius 2 is 1.81 bits per heavy atom. The molecule has 1 N–H and O–H groups in total. The van der Waals surface area contributed by atoms with Crippen LogP contribution in [0.5, 0.6) is 0 Å². The molecule has 1 aliphatic carbocycles. The van der Waals surface area contributed by atoms with Gasteiger partial charge in [-0.05, 0) is 61.6 Å². The number of likely N-dealkylation sites (tertiary alicyclic amines) is 1. The molecule has 2 atom stereocenters. The normalized spacial score (nSPS) is 20.6. The maximum Gasteiger partial charge on any atom is 0.416 e. The number of halogens is 6. The number of hydrogen-bond acceptors (Lipinski definition) is 4. The molecule has 0 amide bonds. The molecule has 2 aliphatic rings. The second kappa shape index (κ2) is 10.6. The lowest BCUT2D eigenvalue weighted by Gasteiger charge is -2.21. The topological polar surface area (TPSA) is 71.0 Å². The average Bonchev–Trinajstić information content (AvgIpc) is 3.38. The number of hydrogen-bond donors (Lipinski definition) is 1. The predicted molar refractivity (Wildman–Crippen MR) is 136 cm³/mol. The van der Waals surface area contributed by atoms with E-state index in [0.29, 0.717) is 31.0 Å². The van der Waals surface area contributed by atoms with E-state index in [0.717, 1.165) is 37.2 Å². The summed E-state index contributed by atoms with van der Waals surface area (Å²) in [6, 6.07) is 6.99. The Hall–Kier alpha value is -2.69. The number of piperidine rings is 1. The third-order valence-electron chi connectivity index (χ3n) is 7.15. The molecule has 1 saturated heterocycles. The van der Waals surface area contributed by atoms with Crippen molar-refractivity contribution in [3.63, 3.8) is 0 Å². The van der Waals surface area contributed by atoms with Gasteiger partial charge in [-0.25, -0.2) is 9.78 Å². The largest absolute Gasteiger partial charge is 0.416 e. The molecule has 5 rings (SSSR count). The first-order chi connectivity index (χ1) is 16.6. The van der Waals surface area contributed by atoms with Crippen molar-refractivity contribution < 1.29 is 17.6 Å². The third-order valence-corrected chi connectivity index (χ3v) is 7.15. The Bertz CT molecular complexity index is 1390. The number of pyridine rings is 1. The number of alkyl halides is 3. The van der Waals surface area contributed by atoms with E-state index in [2.05, 4.69) is 14.9 Å². The minimum absolute atomic E-state index is 0. The van der Waals surface area contributed by atoms with Crippen LogP contribution in [0.2, 0.25) is 0 Å². The fourth-order valence-corrected chi connectivity index (χ4v) is 5.27. The van der Waals surface area contributed by atoms with Crippen molar-refractivity contribution in [3.05, 3.63) is 86.2 Å². The van der Waals surface area contributed by atoms with Crippen LogP contribution in [0.4, 0.5) is 17.6 Å². The molecule has 3 aromatic rings. The molecule has 0 radical (unpaired) electrons. The summed E-state index contributed by atoms with van der Waals surface area (Å²) in [7, 11) is 0. The maximum atomic E-state index is 14.2. The van der Waals surface area contributed by atoms with E-state index in [-0.39, 0.29) is 41.4 Å². The summed E-state index contributed by atoms with van der Waals surface area (Å²) in [6.07, 6.45) is -0.0292. The highest BCUT2D eigenvalue weighted by atomic mass is 35.5. The van der Waals surface area contributed by atoms with E-state index < -0.39 is 28.9 Å². The van der Waals surface area contributed by atoms with Gasteiger partial charge < -0.3 is 4.90 Å². The number of nitrogens with zero attached hydrogens (tertiary/aromatic N) is 3. The highest BCUT2D eigenvalue weighted by molar-refractivity contribution is 5.85. The van der Waals surface area contributed by atoms with E-state index in [9.17, 15) is 27.2 Å². The quantitative estimate of drug-likeness (QED) is 0.354. The number of aryl methyl sites for hydroxylation is 2. The molecule has 6 nitrogen and oxygen atoms in total. The fourth-order valence-electron chi connectivity index (χ4n) is 5.27. The SMILES string of the molecule is Cc1cnc(F)c(-c2cn(CCCN3C[C@@H]4C[C@]4(c4ccc(C(F)(F)F)cc4)C3)c(=O)[nH]c2=O)c1.Cl.Cl. The van der Waals surface area contributed by atoms with E-state index >= 15 is 0 Å². The Morgan fingerprint density at radius 1 is 1.11 bits per heavy atom. The monoisotopic (exact) mass is 560 g/mol. The van der Waals surface area contributed by atoms with Crippen LogP contribution in [0.3, 0.4) is 0 Å². The van der Waals surface area contributed by atoms with Crippen LogP contribution in [0.15, 0.2) is 52.3 Å². The number of H-pyrrole nitrogens is 1. The first kappa shape index (κ1) is 28.9. The number of nitrogens with one attached hydrogen (secondary N) is 1. The van der Waals surface area contributed by atoms with E-state index in [1.165, 1.54) is 23.0 Å². The fraction of sp³-hybridized carbons (Fsp3) is 0.400. The third kappa shape index (κ3) is 5.61. The lowest BCUT2D eigenvalue weighted by molar-refractivity contribution is -0.137. The van der Waals surface area contributed by atoms with Crippen molar-refractivity contribution >= 4 is 24.8 Å². The van der Waals surface area contributed by atoms with Crippen molar-refractivity contribution in [2.45, 2.75) is 37.9 Å². The zero-order chi connectivity index (χ0) is 25.0. The van der Waals surface area contributed by atoms with Crippen molar-refractivity contribution in [1.29, 1.82) is 0 Å². The van der Waals surface area contributed by atoms with Crippen LogP contribution in [-0.2, 0) is 18.1 Å². The van der Waals surface area contributed by atoms with Gasteiger partial charge in [-0.2, -0.15) is 17.6 Å². The molecular weight excluding hydrogens is 535 g/mol.